The summed E-state index contributed by atoms with van der Waals surface area (Å²) in [6, 6.07) is 18.3. The molecule has 0 aliphatic carbocycles. The van der Waals surface area contributed by atoms with Crippen molar-refractivity contribution in [1.82, 2.24) is 19.7 Å². The topological polar surface area (TPSA) is 93.8 Å². The molecule has 3 aromatic carbocycles. The summed E-state index contributed by atoms with van der Waals surface area (Å²) in [5.41, 5.74) is -0.240. The minimum absolute atomic E-state index is 0.0204. The number of benzene rings is 3. The zero-order valence-corrected chi connectivity index (χ0v) is 17.3. The largest absolute Gasteiger partial charge is 0.416 e. The molecule has 34 heavy (non-hydrogen) atoms. The van der Waals surface area contributed by atoms with Crippen molar-refractivity contribution in [2.24, 2.45) is 0 Å². The predicted octanol–water partition coefficient (Wildman–Crippen LogP) is 4.47. The SMILES string of the molecule is O=c1[nH]c2cc(-c3nc(-c4cccc(C(F)(F)F)c4)no3)ccc2c(=O)n1Cc1ccccc1. The second-order valence-corrected chi connectivity index (χ2v) is 7.57. The van der Waals surface area contributed by atoms with E-state index in [4.69, 9.17) is 4.52 Å². The van der Waals surface area contributed by atoms with Gasteiger partial charge < -0.3 is 9.51 Å². The molecule has 0 saturated heterocycles. The maximum Gasteiger partial charge on any atom is 0.416 e. The number of nitrogens with zero attached hydrogens (tertiary/aromatic N) is 3. The highest BCUT2D eigenvalue weighted by Crippen LogP contribution is 2.32. The molecule has 0 fully saturated rings. The number of aromatic nitrogens is 4. The van der Waals surface area contributed by atoms with Crippen molar-refractivity contribution < 1.29 is 17.7 Å². The Labute approximate surface area is 189 Å². The highest BCUT2D eigenvalue weighted by atomic mass is 19.4. The van der Waals surface area contributed by atoms with Crippen LogP contribution >= 0.6 is 0 Å². The van der Waals surface area contributed by atoms with Crippen LogP contribution in [0.1, 0.15) is 11.1 Å². The van der Waals surface area contributed by atoms with Crippen LogP contribution in [0.2, 0.25) is 0 Å². The van der Waals surface area contributed by atoms with Crippen LogP contribution in [-0.2, 0) is 12.7 Å². The molecule has 0 aliphatic rings. The van der Waals surface area contributed by atoms with E-state index in [0.717, 1.165) is 22.3 Å². The molecular formula is C24H15F3N4O3. The maximum atomic E-state index is 13.0. The molecule has 10 heteroatoms. The first-order chi connectivity index (χ1) is 16.3. The van der Waals surface area contributed by atoms with Gasteiger partial charge in [-0.15, -0.1) is 0 Å². The molecule has 0 atom stereocenters. The van der Waals surface area contributed by atoms with Crippen molar-refractivity contribution in [3.05, 3.63) is 105 Å². The van der Waals surface area contributed by atoms with Gasteiger partial charge in [0.15, 0.2) is 0 Å². The molecule has 170 valence electrons. The lowest BCUT2D eigenvalue weighted by atomic mass is 10.1. The van der Waals surface area contributed by atoms with Gasteiger partial charge in [0.2, 0.25) is 5.82 Å². The molecule has 2 aromatic heterocycles. The van der Waals surface area contributed by atoms with Crippen LogP contribution in [0, 0.1) is 0 Å². The Bertz CT molecular complexity index is 1620. The average Bonchev–Trinajstić information content (AvgIpc) is 3.32. The van der Waals surface area contributed by atoms with E-state index >= 15 is 0 Å². The van der Waals surface area contributed by atoms with Gasteiger partial charge in [0, 0.05) is 11.1 Å². The van der Waals surface area contributed by atoms with Gasteiger partial charge in [-0.05, 0) is 35.9 Å². The molecule has 0 aliphatic heterocycles. The van der Waals surface area contributed by atoms with Crippen LogP contribution in [0.25, 0.3) is 33.7 Å². The lowest BCUT2D eigenvalue weighted by molar-refractivity contribution is -0.137. The minimum Gasteiger partial charge on any atom is -0.334 e. The second kappa shape index (κ2) is 8.14. The van der Waals surface area contributed by atoms with Gasteiger partial charge in [0.1, 0.15) is 0 Å². The lowest BCUT2D eigenvalue weighted by Crippen LogP contribution is -2.35. The van der Waals surface area contributed by atoms with E-state index in [2.05, 4.69) is 15.1 Å². The highest BCUT2D eigenvalue weighted by molar-refractivity contribution is 5.82. The summed E-state index contributed by atoms with van der Waals surface area (Å²) in [4.78, 5) is 32.3. The zero-order valence-electron chi connectivity index (χ0n) is 17.3. The Balaban J connectivity index is 1.50. The molecule has 0 bridgehead atoms. The van der Waals surface area contributed by atoms with E-state index in [-0.39, 0.29) is 34.7 Å². The molecule has 0 saturated carbocycles. The number of halogens is 3. The summed E-state index contributed by atoms with van der Waals surface area (Å²) in [7, 11) is 0. The second-order valence-electron chi connectivity index (χ2n) is 7.57. The summed E-state index contributed by atoms with van der Waals surface area (Å²) in [5.74, 6) is 0.0107. The number of nitrogens with one attached hydrogen (secondary N) is 1. The lowest BCUT2D eigenvalue weighted by Gasteiger charge is -2.07. The van der Waals surface area contributed by atoms with E-state index in [0.29, 0.717) is 5.56 Å². The smallest absolute Gasteiger partial charge is 0.334 e. The molecular weight excluding hydrogens is 449 g/mol. The van der Waals surface area contributed by atoms with Gasteiger partial charge in [0.05, 0.1) is 23.0 Å². The third kappa shape index (κ3) is 4.01. The van der Waals surface area contributed by atoms with E-state index in [1.165, 1.54) is 24.3 Å². The van der Waals surface area contributed by atoms with Gasteiger partial charge in [-0.25, -0.2) is 4.79 Å². The summed E-state index contributed by atoms with van der Waals surface area (Å²) >= 11 is 0. The number of hydrogen-bond donors (Lipinski definition) is 1. The predicted molar refractivity (Wildman–Crippen MR) is 118 cm³/mol. The van der Waals surface area contributed by atoms with Crippen LogP contribution in [0.4, 0.5) is 13.2 Å². The van der Waals surface area contributed by atoms with Crippen LogP contribution in [0.3, 0.4) is 0 Å². The summed E-state index contributed by atoms with van der Waals surface area (Å²) in [5, 5.41) is 4.06. The highest BCUT2D eigenvalue weighted by Gasteiger charge is 2.30. The number of hydrogen-bond acceptors (Lipinski definition) is 5. The van der Waals surface area contributed by atoms with Crippen molar-refractivity contribution in [1.29, 1.82) is 0 Å². The fourth-order valence-corrected chi connectivity index (χ4v) is 3.59. The van der Waals surface area contributed by atoms with Crippen LogP contribution < -0.4 is 11.2 Å². The first-order valence-corrected chi connectivity index (χ1v) is 10.1. The molecule has 0 unspecified atom stereocenters. The van der Waals surface area contributed by atoms with Crippen molar-refractivity contribution in [2.45, 2.75) is 12.7 Å². The number of fused-ring (bicyclic) bond motifs is 1. The molecule has 7 nitrogen and oxygen atoms in total. The third-order valence-electron chi connectivity index (χ3n) is 5.29. The molecule has 2 heterocycles. The summed E-state index contributed by atoms with van der Waals surface area (Å²) in [6.45, 7) is 0.122. The van der Waals surface area contributed by atoms with Crippen LogP contribution in [0.5, 0.6) is 0 Å². The number of alkyl halides is 3. The van der Waals surface area contributed by atoms with Crippen LogP contribution in [-0.4, -0.2) is 19.7 Å². The Morgan fingerprint density at radius 2 is 1.71 bits per heavy atom. The first kappa shape index (κ1) is 21.4. The summed E-state index contributed by atoms with van der Waals surface area (Å²) in [6.07, 6.45) is -4.50. The minimum atomic E-state index is -4.50. The molecule has 0 radical (unpaired) electrons. The Morgan fingerprint density at radius 1 is 0.912 bits per heavy atom. The van der Waals surface area contributed by atoms with Gasteiger partial charge in [-0.2, -0.15) is 18.2 Å². The van der Waals surface area contributed by atoms with E-state index in [1.807, 2.05) is 30.3 Å². The maximum absolute atomic E-state index is 13.0. The standard InChI is InChI=1S/C24H15F3N4O3/c25-24(26,27)17-8-4-7-15(11-17)20-29-21(34-30-20)16-9-10-18-19(12-16)28-23(33)31(22(18)32)13-14-5-2-1-3-6-14/h1-12H,13H2,(H,28,33). The van der Waals surface area contributed by atoms with Crippen molar-refractivity contribution in [3.8, 4) is 22.8 Å². The van der Waals surface area contributed by atoms with E-state index in [1.54, 1.807) is 6.07 Å². The normalized spacial score (nSPS) is 11.7. The molecule has 1 N–H and O–H groups in total. The zero-order chi connectivity index (χ0) is 23.9. The van der Waals surface area contributed by atoms with E-state index < -0.39 is 23.0 Å². The fraction of sp³-hybridized carbons (Fsp3) is 0.0833. The third-order valence-corrected chi connectivity index (χ3v) is 5.29. The Kier molecular flexibility index (Phi) is 5.12. The fourth-order valence-electron chi connectivity index (χ4n) is 3.59. The monoisotopic (exact) mass is 464 g/mol. The Morgan fingerprint density at radius 3 is 2.47 bits per heavy atom. The quantitative estimate of drug-likeness (QED) is 0.424. The van der Waals surface area contributed by atoms with Gasteiger partial charge in [-0.3, -0.25) is 9.36 Å². The van der Waals surface area contributed by atoms with Crippen LogP contribution in [0.15, 0.2) is 86.9 Å². The van der Waals surface area contributed by atoms with Crippen molar-refractivity contribution in [2.75, 3.05) is 0 Å². The number of H-pyrrole nitrogens is 1. The molecule has 5 aromatic rings. The molecule has 0 spiro atoms. The van der Waals surface area contributed by atoms with Gasteiger partial charge in [0.25, 0.3) is 11.4 Å². The van der Waals surface area contributed by atoms with Crippen molar-refractivity contribution >= 4 is 10.9 Å². The average molecular weight is 464 g/mol. The first-order valence-electron chi connectivity index (χ1n) is 10.1. The summed E-state index contributed by atoms with van der Waals surface area (Å²) < 4.78 is 45.3. The molecule has 5 rings (SSSR count). The number of rotatable bonds is 4. The van der Waals surface area contributed by atoms with Gasteiger partial charge in [-0.1, -0.05) is 47.6 Å². The Hall–Kier alpha value is -4.47. The molecule has 0 amide bonds. The number of aromatic amines is 1. The van der Waals surface area contributed by atoms with Crippen molar-refractivity contribution in [3.63, 3.8) is 0 Å². The van der Waals surface area contributed by atoms with E-state index in [9.17, 15) is 22.8 Å². The van der Waals surface area contributed by atoms with Gasteiger partial charge >= 0.3 is 11.9 Å².